The van der Waals surface area contributed by atoms with Gasteiger partial charge < -0.3 is 9.90 Å². The molecule has 0 aromatic rings. The van der Waals surface area contributed by atoms with Crippen LogP contribution in [0.1, 0.15) is 33.6 Å². The molecule has 1 N–H and O–H groups in total. The Hall–Kier alpha value is -0.410. The molecule has 0 amide bonds. The van der Waals surface area contributed by atoms with Gasteiger partial charge in [0.15, 0.2) is 0 Å². The second-order valence-electron chi connectivity index (χ2n) is 5.11. The SMILES string of the molecule is CCC(C)(C=O)CN1CCC(C)C1CO. The summed E-state index contributed by atoms with van der Waals surface area (Å²) in [6, 6.07) is 0.246. The van der Waals surface area contributed by atoms with E-state index in [4.69, 9.17) is 0 Å². The molecule has 0 aromatic carbocycles. The Balaban J connectivity index is 2.61. The van der Waals surface area contributed by atoms with Crippen LogP contribution in [0, 0.1) is 11.3 Å². The van der Waals surface area contributed by atoms with Crippen molar-refractivity contribution < 1.29 is 9.90 Å². The number of aliphatic hydroxyl groups excluding tert-OH is 1. The Morgan fingerprint density at radius 3 is 2.73 bits per heavy atom. The lowest BCUT2D eigenvalue weighted by Gasteiger charge is -2.32. The number of hydrogen-bond donors (Lipinski definition) is 1. The zero-order chi connectivity index (χ0) is 11.5. The molecular weight excluding hydrogens is 190 g/mol. The quantitative estimate of drug-likeness (QED) is 0.700. The zero-order valence-electron chi connectivity index (χ0n) is 10.1. The van der Waals surface area contributed by atoms with Crippen molar-refractivity contribution in [2.45, 2.75) is 39.7 Å². The molecule has 1 fully saturated rings. The summed E-state index contributed by atoms with van der Waals surface area (Å²) in [5.74, 6) is 0.544. The molecule has 0 aromatic heterocycles. The fourth-order valence-corrected chi connectivity index (χ4v) is 2.28. The Morgan fingerprint density at radius 2 is 2.27 bits per heavy atom. The van der Waals surface area contributed by atoms with Crippen molar-refractivity contribution in [2.75, 3.05) is 19.7 Å². The summed E-state index contributed by atoms with van der Waals surface area (Å²) in [6.07, 6.45) is 3.05. The summed E-state index contributed by atoms with van der Waals surface area (Å²) in [4.78, 5) is 13.3. The van der Waals surface area contributed by atoms with Gasteiger partial charge in [-0.2, -0.15) is 0 Å². The van der Waals surface area contributed by atoms with Gasteiger partial charge in [-0.3, -0.25) is 4.90 Å². The summed E-state index contributed by atoms with van der Waals surface area (Å²) < 4.78 is 0. The molecule has 15 heavy (non-hydrogen) atoms. The molecule has 88 valence electrons. The maximum Gasteiger partial charge on any atom is 0.127 e. The van der Waals surface area contributed by atoms with Crippen molar-refractivity contribution in [3.8, 4) is 0 Å². The van der Waals surface area contributed by atoms with Crippen molar-refractivity contribution >= 4 is 6.29 Å². The molecule has 1 aliphatic rings. The molecule has 0 bridgehead atoms. The molecule has 3 heteroatoms. The van der Waals surface area contributed by atoms with Gasteiger partial charge in [0.1, 0.15) is 6.29 Å². The number of aldehydes is 1. The summed E-state index contributed by atoms with van der Waals surface area (Å²) >= 11 is 0. The minimum Gasteiger partial charge on any atom is -0.395 e. The van der Waals surface area contributed by atoms with Crippen LogP contribution in [0.4, 0.5) is 0 Å². The average Bonchev–Trinajstić information content (AvgIpc) is 2.59. The fraction of sp³-hybridized carbons (Fsp3) is 0.917. The van der Waals surface area contributed by atoms with E-state index in [0.717, 1.165) is 32.2 Å². The lowest BCUT2D eigenvalue weighted by Crippen LogP contribution is -2.42. The highest BCUT2D eigenvalue weighted by Crippen LogP contribution is 2.28. The van der Waals surface area contributed by atoms with Crippen LogP contribution in [0.3, 0.4) is 0 Å². The molecule has 1 heterocycles. The molecule has 0 saturated carbocycles. The van der Waals surface area contributed by atoms with Gasteiger partial charge in [-0.05, 0) is 25.3 Å². The topological polar surface area (TPSA) is 40.5 Å². The number of likely N-dealkylation sites (tertiary alicyclic amines) is 1. The maximum atomic E-state index is 11.0. The van der Waals surface area contributed by atoms with E-state index < -0.39 is 0 Å². The summed E-state index contributed by atoms with van der Waals surface area (Å²) in [6.45, 7) is 8.21. The van der Waals surface area contributed by atoms with Crippen LogP contribution in [-0.2, 0) is 4.79 Å². The van der Waals surface area contributed by atoms with E-state index in [9.17, 15) is 9.90 Å². The number of aliphatic hydroxyl groups is 1. The number of rotatable bonds is 5. The summed E-state index contributed by atoms with van der Waals surface area (Å²) in [5.41, 5.74) is -0.252. The molecule has 1 aliphatic heterocycles. The van der Waals surface area contributed by atoms with Crippen LogP contribution >= 0.6 is 0 Å². The highest BCUT2D eigenvalue weighted by Gasteiger charge is 2.35. The number of hydrogen-bond acceptors (Lipinski definition) is 3. The third-order valence-corrected chi connectivity index (χ3v) is 3.84. The molecule has 1 saturated heterocycles. The van der Waals surface area contributed by atoms with Crippen molar-refractivity contribution in [3.05, 3.63) is 0 Å². The third kappa shape index (κ3) is 2.79. The van der Waals surface area contributed by atoms with Crippen LogP contribution in [0.2, 0.25) is 0 Å². The van der Waals surface area contributed by atoms with E-state index >= 15 is 0 Å². The fourth-order valence-electron chi connectivity index (χ4n) is 2.28. The smallest absolute Gasteiger partial charge is 0.127 e. The lowest BCUT2D eigenvalue weighted by atomic mass is 9.88. The normalized spacial score (nSPS) is 31.5. The Bertz CT molecular complexity index is 220. The predicted octanol–water partition coefficient (Wildman–Crippen LogP) is 1.30. The third-order valence-electron chi connectivity index (χ3n) is 3.84. The second-order valence-corrected chi connectivity index (χ2v) is 5.11. The molecule has 3 nitrogen and oxygen atoms in total. The van der Waals surface area contributed by atoms with Crippen molar-refractivity contribution in [2.24, 2.45) is 11.3 Å². The molecule has 3 atom stereocenters. The van der Waals surface area contributed by atoms with E-state index in [-0.39, 0.29) is 18.1 Å². The van der Waals surface area contributed by atoms with E-state index in [1.807, 2.05) is 13.8 Å². The van der Waals surface area contributed by atoms with Gasteiger partial charge in [0.2, 0.25) is 0 Å². The first-order chi connectivity index (χ1) is 7.06. The number of carbonyl (C=O) groups is 1. The molecule has 0 spiro atoms. The van der Waals surface area contributed by atoms with E-state index in [2.05, 4.69) is 11.8 Å². The minimum atomic E-state index is -0.252. The van der Waals surface area contributed by atoms with Gasteiger partial charge in [-0.15, -0.1) is 0 Å². The van der Waals surface area contributed by atoms with Crippen LogP contribution < -0.4 is 0 Å². The van der Waals surface area contributed by atoms with Gasteiger partial charge >= 0.3 is 0 Å². The first-order valence-electron chi connectivity index (χ1n) is 5.87. The summed E-state index contributed by atoms with van der Waals surface area (Å²) in [7, 11) is 0. The molecule has 1 rings (SSSR count). The largest absolute Gasteiger partial charge is 0.395 e. The highest BCUT2D eigenvalue weighted by molar-refractivity contribution is 5.58. The van der Waals surface area contributed by atoms with Crippen LogP contribution in [-0.4, -0.2) is 42.0 Å². The summed E-state index contributed by atoms with van der Waals surface area (Å²) in [5, 5.41) is 9.32. The van der Waals surface area contributed by atoms with E-state index in [1.54, 1.807) is 0 Å². The van der Waals surface area contributed by atoms with E-state index in [0.29, 0.717) is 5.92 Å². The van der Waals surface area contributed by atoms with Crippen molar-refractivity contribution in [3.63, 3.8) is 0 Å². The molecule has 0 radical (unpaired) electrons. The second kappa shape index (κ2) is 5.08. The van der Waals surface area contributed by atoms with Gasteiger partial charge in [-0.1, -0.05) is 20.8 Å². The average molecular weight is 213 g/mol. The monoisotopic (exact) mass is 213 g/mol. The van der Waals surface area contributed by atoms with Crippen LogP contribution in [0.5, 0.6) is 0 Å². The zero-order valence-corrected chi connectivity index (χ0v) is 10.1. The van der Waals surface area contributed by atoms with Gasteiger partial charge in [0.25, 0.3) is 0 Å². The highest BCUT2D eigenvalue weighted by atomic mass is 16.3. The van der Waals surface area contributed by atoms with Gasteiger partial charge in [0, 0.05) is 18.0 Å². The molecular formula is C12H23NO2. The minimum absolute atomic E-state index is 0.208. The van der Waals surface area contributed by atoms with Crippen LogP contribution in [0.15, 0.2) is 0 Å². The number of carbonyl (C=O) groups excluding carboxylic acids is 1. The molecule has 0 aliphatic carbocycles. The first kappa shape index (κ1) is 12.7. The van der Waals surface area contributed by atoms with Crippen molar-refractivity contribution in [1.29, 1.82) is 0 Å². The molecule has 3 unspecified atom stereocenters. The lowest BCUT2D eigenvalue weighted by molar-refractivity contribution is -0.116. The van der Waals surface area contributed by atoms with Gasteiger partial charge in [0.05, 0.1) is 6.61 Å². The van der Waals surface area contributed by atoms with Gasteiger partial charge in [-0.25, -0.2) is 0 Å². The predicted molar refractivity (Wildman–Crippen MR) is 60.7 cm³/mol. The first-order valence-corrected chi connectivity index (χ1v) is 5.87. The Kier molecular flexibility index (Phi) is 4.29. The van der Waals surface area contributed by atoms with Crippen molar-refractivity contribution in [1.82, 2.24) is 4.90 Å². The van der Waals surface area contributed by atoms with Crippen LogP contribution in [0.25, 0.3) is 0 Å². The maximum absolute atomic E-state index is 11.0. The standard InChI is InChI=1S/C12H23NO2/c1-4-12(3,9-15)8-13-6-5-10(2)11(13)7-14/h9-11,14H,4-8H2,1-3H3. The van der Waals surface area contributed by atoms with E-state index in [1.165, 1.54) is 0 Å². The Morgan fingerprint density at radius 1 is 1.60 bits per heavy atom. The Labute approximate surface area is 92.5 Å². The number of nitrogens with zero attached hydrogens (tertiary/aromatic N) is 1.